The average molecular weight is 513 g/mol. The standard InChI is InChI=1S/C23H36N4O7S/c1-12(2)18(21(31)25-17(23(33)34)9-10-35-4)26-22(32)19(13(3)28)27-20(30)16(24)11-14-5-7-15(29)8-6-14/h5-8,12-13,16-19,28-29H,9-11,24H2,1-4H3,(H,25,31)(H,26,32)(H,27,30)(H,33,34). The van der Waals surface area contributed by atoms with Gasteiger partial charge in [-0.05, 0) is 55.4 Å². The predicted molar refractivity (Wildman–Crippen MR) is 133 cm³/mol. The van der Waals surface area contributed by atoms with E-state index in [-0.39, 0.29) is 18.6 Å². The molecule has 0 aliphatic heterocycles. The van der Waals surface area contributed by atoms with E-state index in [1.54, 1.807) is 26.0 Å². The normalized spacial score (nSPS) is 15.4. The van der Waals surface area contributed by atoms with Crippen molar-refractivity contribution in [1.29, 1.82) is 0 Å². The Balaban J connectivity index is 2.86. The van der Waals surface area contributed by atoms with E-state index in [2.05, 4.69) is 16.0 Å². The largest absolute Gasteiger partial charge is 0.508 e. The summed E-state index contributed by atoms with van der Waals surface area (Å²) in [6.45, 7) is 4.65. The second-order valence-corrected chi connectivity index (χ2v) is 9.60. The molecule has 0 fully saturated rings. The fourth-order valence-corrected chi connectivity index (χ4v) is 3.65. The van der Waals surface area contributed by atoms with Crippen LogP contribution in [-0.4, -0.2) is 81.3 Å². The Labute approximate surface area is 209 Å². The summed E-state index contributed by atoms with van der Waals surface area (Å²) < 4.78 is 0. The topological polar surface area (TPSA) is 191 Å². The Bertz CT molecular complexity index is 864. The van der Waals surface area contributed by atoms with E-state index in [4.69, 9.17) is 5.73 Å². The fourth-order valence-electron chi connectivity index (χ4n) is 3.18. The number of hydrogen-bond acceptors (Lipinski definition) is 8. The lowest BCUT2D eigenvalue weighted by Crippen LogP contribution is -2.61. The third-order valence-corrected chi connectivity index (χ3v) is 5.91. The first-order valence-electron chi connectivity index (χ1n) is 11.2. The Morgan fingerprint density at radius 1 is 0.943 bits per heavy atom. The number of carbonyl (C=O) groups is 4. The summed E-state index contributed by atoms with van der Waals surface area (Å²) in [5.74, 6) is -3.17. The molecule has 0 saturated carbocycles. The number of carboxylic acids is 1. The summed E-state index contributed by atoms with van der Waals surface area (Å²) in [6.07, 6.45) is 0.860. The maximum atomic E-state index is 12.9. The molecule has 0 spiro atoms. The van der Waals surface area contributed by atoms with E-state index < -0.39 is 59.9 Å². The molecule has 0 radical (unpaired) electrons. The van der Waals surface area contributed by atoms with Crippen LogP contribution in [0.25, 0.3) is 0 Å². The number of carboxylic acid groups (broad SMARTS) is 1. The lowest BCUT2D eigenvalue weighted by molar-refractivity contribution is -0.142. The highest BCUT2D eigenvalue weighted by molar-refractivity contribution is 7.98. The molecule has 5 atom stereocenters. The number of nitrogens with one attached hydrogen (secondary N) is 3. The van der Waals surface area contributed by atoms with E-state index in [0.717, 1.165) is 0 Å². The Kier molecular flexibility index (Phi) is 12.5. The second kappa shape index (κ2) is 14.5. The van der Waals surface area contributed by atoms with Crippen LogP contribution in [0, 0.1) is 5.92 Å². The molecular weight excluding hydrogens is 476 g/mol. The van der Waals surface area contributed by atoms with Crippen LogP contribution in [0.5, 0.6) is 5.75 Å². The highest BCUT2D eigenvalue weighted by Gasteiger charge is 2.33. The number of thioether (sulfide) groups is 1. The third kappa shape index (κ3) is 10.1. The van der Waals surface area contributed by atoms with Crippen LogP contribution in [0.15, 0.2) is 24.3 Å². The quantitative estimate of drug-likeness (QED) is 0.174. The van der Waals surface area contributed by atoms with Gasteiger partial charge in [0, 0.05) is 0 Å². The Morgan fingerprint density at radius 2 is 1.49 bits per heavy atom. The van der Waals surface area contributed by atoms with Crippen molar-refractivity contribution in [2.45, 2.75) is 63.9 Å². The van der Waals surface area contributed by atoms with Crippen LogP contribution in [0.4, 0.5) is 0 Å². The molecule has 0 aliphatic carbocycles. The Morgan fingerprint density at radius 3 is 1.97 bits per heavy atom. The van der Waals surface area contributed by atoms with Crippen LogP contribution in [-0.2, 0) is 25.6 Å². The number of phenols is 1. The monoisotopic (exact) mass is 512 g/mol. The van der Waals surface area contributed by atoms with Gasteiger partial charge in [-0.15, -0.1) is 0 Å². The summed E-state index contributed by atoms with van der Waals surface area (Å²) in [6, 6.07) is 1.49. The molecule has 0 aromatic heterocycles. The maximum absolute atomic E-state index is 12.9. The van der Waals surface area contributed by atoms with Gasteiger partial charge in [0.05, 0.1) is 12.1 Å². The molecule has 8 N–H and O–H groups in total. The Hall–Kier alpha value is -2.83. The summed E-state index contributed by atoms with van der Waals surface area (Å²) in [5.41, 5.74) is 6.64. The highest BCUT2D eigenvalue weighted by Crippen LogP contribution is 2.11. The number of rotatable bonds is 14. The molecule has 0 bridgehead atoms. The third-order valence-electron chi connectivity index (χ3n) is 5.26. The number of aromatic hydroxyl groups is 1. The lowest BCUT2D eigenvalue weighted by Gasteiger charge is -2.28. The number of amides is 3. The van der Waals surface area contributed by atoms with Crippen LogP contribution in [0.3, 0.4) is 0 Å². The number of aliphatic carboxylic acids is 1. The number of benzene rings is 1. The first kappa shape index (κ1) is 30.2. The van der Waals surface area contributed by atoms with Crippen LogP contribution in [0.2, 0.25) is 0 Å². The molecule has 1 aromatic carbocycles. The van der Waals surface area contributed by atoms with E-state index >= 15 is 0 Å². The molecule has 1 rings (SSSR count). The summed E-state index contributed by atoms with van der Waals surface area (Å²) in [5, 5.41) is 36.2. The van der Waals surface area contributed by atoms with Gasteiger partial charge in [0.1, 0.15) is 23.9 Å². The zero-order valence-electron chi connectivity index (χ0n) is 20.4. The van der Waals surface area contributed by atoms with Gasteiger partial charge in [-0.25, -0.2) is 4.79 Å². The van der Waals surface area contributed by atoms with E-state index in [9.17, 15) is 34.5 Å². The zero-order chi connectivity index (χ0) is 26.7. The minimum absolute atomic E-state index is 0.0697. The van der Waals surface area contributed by atoms with Crippen molar-refractivity contribution in [2.24, 2.45) is 11.7 Å². The van der Waals surface area contributed by atoms with E-state index in [1.807, 2.05) is 6.26 Å². The average Bonchev–Trinajstić information content (AvgIpc) is 2.78. The highest BCUT2D eigenvalue weighted by atomic mass is 32.2. The number of aliphatic hydroxyl groups excluding tert-OH is 1. The lowest BCUT2D eigenvalue weighted by atomic mass is 10.0. The molecule has 11 nitrogen and oxygen atoms in total. The van der Waals surface area contributed by atoms with Gasteiger partial charge in [-0.2, -0.15) is 11.8 Å². The molecule has 0 aliphatic rings. The molecule has 0 heterocycles. The number of hydrogen-bond donors (Lipinski definition) is 7. The molecule has 196 valence electrons. The molecule has 35 heavy (non-hydrogen) atoms. The van der Waals surface area contributed by atoms with Crippen molar-refractivity contribution in [1.82, 2.24) is 16.0 Å². The zero-order valence-corrected chi connectivity index (χ0v) is 21.2. The number of aliphatic hydroxyl groups is 1. The van der Waals surface area contributed by atoms with Gasteiger partial charge in [0.15, 0.2) is 0 Å². The van der Waals surface area contributed by atoms with E-state index in [0.29, 0.717) is 11.3 Å². The minimum atomic E-state index is -1.39. The van der Waals surface area contributed by atoms with Crippen LogP contribution < -0.4 is 21.7 Å². The molecule has 0 saturated heterocycles. The second-order valence-electron chi connectivity index (χ2n) is 8.62. The number of carbonyl (C=O) groups excluding carboxylic acids is 3. The van der Waals surface area contributed by atoms with Crippen molar-refractivity contribution in [2.75, 3.05) is 12.0 Å². The molecule has 12 heteroatoms. The van der Waals surface area contributed by atoms with Crippen LogP contribution in [0.1, 0.15) is 32.8 Å². The van der Waals surface area contributed by atoms with Gasteiger partial charge in [-0.1, -0.05) is 26.0 Å². The smallest absolute Gasteiger partial charge is 0.326 e. The van der Waals surface area contributed by atoms with Gasteiger partial charge >= 0.3 is 5.97 Å². The van der Waals surface area contributed by atoms with Crippen molar-refractivity contribution >= 4 is 35.5 Å². The summed E-state index contributed by atoms with van der Waals surface area (Å²) in [4.78, 5) is 49.7. The fraction of sp³-hybridized carbons (Fsp3) is 0.565. The number of phenolic OH excluding ortho intramolecular Hbond substituents is 1. The summed E-state index contributed by atoms with van der Waals surface area (Å²) in [7, 11) is 0. The predicted octanol–water partition coefficient (Wildman–Crippen LogP) is -0.409. The minimum Gasteiger partial charge on any atom is -0.508 e. The summed E-state index contributed by atoms with van der Waals surface area (Å²) >= 11 is 1.44. The van der Waals surface area contributed by atoms with Crippen molar-refractivity contribution in [3.63, 3.8) is 0 Å². The molecular formula is C23H36N4O7S. The van der Waals surface area contributed by atoms with Crippen molar-refractivity contribution < 1.29 is 34.5 Å². The van der Waals surface area contributed by atoms with Gasteiger partial charge < -0.3 is 37.0 Å². The van der Waals surface area contributed by atoms with Crippen molar-refractivity contribution in [3.8, 4) is 5.75 Å². The first-order valence-corrected chi connectivity index (χ1v) is 12.6. The molecule has 1 aromatic rings. The maximum Gasteiger partial charge on any atom is 0.326 e. The number of nitrogens with two attached hydrogens (primary N) is 1. The molecule has 5 unspecified atom stereocenters. The van der Waals surface area contributed by atoms with Gasteiger partial charge in [0.25, 0.3) is 0 Å². The van der Waals surface area contributed by atoms with Gasteiger partial charge in [0.2, 0.25) is 17.7 Å². The van der Waals surface area contributed by atoms with E-state index in [1.165, 1.54) is 30.8 Å². The van der Waals surface area contributed by atoms with Gasteiger partial charge in [-0.3, -0.25) is 14.4 Å². The first-order chi connectivity index (χ1) is 16.4. The van der Waals surface area contributed by atoms with Crippen molar-refractivity contribution in [3.05, 3.63) is 29.8 Å². The SMILES string of the molecule is CSCCC(NC(=O)C(NC(=O)C(NC(=O)C(N)Cc1ccc(O)cc1)C(C)O)C(C)C)C(=O)O. The van der Waals surface area contributed by atoms with Crippen LogP contribution >= 0.6 is 11.8 Å². The molecule has 3 amide bonds.